The van der Waals surface area contributed by atoms with E-state index in [0.29, 0.717) is 31.2 Å². The van der Waals surface area contributed by atoms with Crippen molar-refractivity contribution in [3.05, 3.63) is 11.8 Å². The second kappa shape index (κ2) is 7.22. The fourth-order valence-corrected chi connectivity index (χ4v) is 3.51. The molecule has 2 fully saturated rings. The number of nitrogens with one attached hydrogen (secondary N) is 1. The number of amides is 1. The summed E-state index contributed by atoms with van der Waals surface area (Å²) in [5, 5.41) is 20.8. The monoisotopic (exact) mass is 307 g/mol. The lowest BCUT2D eigenvalue weighted by Gasteiger charge is -2.14. The van der Waals surface area contributed by atoms with Crippen molar-refractivity contribution in [2.24, 2.45) is 5.92 Å². The maximum absolute atomic E-state index is 11.9. The highest BCUT2D eigenvalue weighted by molar-refractivity contribution is 5.76. The molecular weight excluding hydrogens is 282 g/mol. The Labute approximate surface area is 130 Å². The van der Waals surface area contributed by atoms with Crippen LogP contribution in [0, 0.1) is 5.92 Å². The summed E-state index contributed by atoms with van der Waals surface area (Å²) in [6, 6.07) is 0. The van der Waals surface area contributed by atoms with Crippen molar-refractivity contribution < 1.29 is 14.3 Å². The first-order valence-corrected chi connectivity index (χ1v) is 8.49. The highest BCUT2D eigenvalue weighted by Crippen LogP contribution is 2.33. The molecule has 2 saturated carbocycles. The summed E-state index contributed by atoms with van der Waals surface area (Å²) >= 11 is 0. The Morgan fingerprint density at radius 2 is 2.00 bits per heavy atom. The van der Waals surface area contributed by atoms with Crippen LogP contribution < -0.4 is 5.32 Å². The molecule has 0 saturated heterocycles. The highest BCUT2D eigenvalue weighted by atomic mass is 16.4. The Morgan fingerprint density at radius 3 is 2.73 bits per heavy atom. The number of carbonyl (C=O) groups is 1. The maximum atomic E-state index is 11.9. The van der Waals surface area contributed by atoms with Gasteiger partial charge in [-0.05, 0) is 25.7 Å². The molecular formula is C16H25N3O3. The molecule has 0 aliphatic heterocycles. The summed E-state index contributed by atoms with van der Waals surface area (Å²) in [5.74, 6) is 1.90. The SMILES string of the molecule is O=C(CCc1nnc(C2CCCC2)o1)NCC1CCCC1O. The second-order valence-electron chi connectivity index (χ2n) is 6.58. The maximum Gasteiger partial charge on any atom is 0.220 e. The summed E-state index contributed by atoms with van der Waals surface area (Å²) in [7, 11) is 0. The van der Waals surface area contributed by atoms with Crippen LogP contribution in [0.3, 0.4) is 0 Å². The topological polar surface area (TPSA) is 88.2 Å². The number of nitrogens with zero attached hydrogens (tertiary/aromatic N) is 2. The number of rotatable bonds is 6. The van der Waals surface area contributed by atoms with Gasteiger partial charge in [-0.1, -0.05) is 19.3 Å². The predicted molar refractivity (Wildman–Crippen MR) is 80.2 cm³/mol. The lowest BCUT2D eigenvalue weighted by atomic mass is 10.1. The molecule has 2 aliphatic rings. The molecule has 3 rings (SSSR count). The molecule has 0 bridgehead atoms. The Hall–Kier alpha value is -1.43. The lowest BCUT2D eigenvalue weighted by Crippen LogP contribution is -2.32. The van der Waals surface area contributed by atoms with Gasteiger partial charge in [0.2, 0.25) is 17.7 Å². The van der Waals surface area contributed by atoms with Crippen molar-refractivity contribution in [1.29, 1.82) is 0 Å². The van der Waals surface area contributed by atoms with Crippen LogP contribution in [0.15, 0.2) is 4.42 Å². The number of hydrogen-bond acceptors (Lipinski definition) is 5. The minimum Gasteiger partial charge on any atom is -0.425 e. The van der Waals surface area contributed by atoms with E-state index < -0.39 is 0 Å². The van der Waals surface area contributed by atoms with E-state index >= 15 is 0 Å². The van der Waals surface area contributed by atoms with E-state index in [-0.39, 0.29) is 17.9 Å². The van der Waals surface area contributed by atoms with Crippen molar-refractivity contribution >= 4 is 5.91 Å². The Kier molecular flexibility index (Phi) is 5.08. The number of aliphatic hydroxyl groups excluding tert-OH is 1. The zero-order chi connectivity index (χ0) is 15.4. The van der Waals surface area contributed by atoms with Gasteiger partial charge in [0, 0.05) is 31.2 Å². The van der Waals surface area contributed by atoms with Gasteiger partial charge >= 0.3 is 0 Å². The van der Waals surface area contributed by atoms with E-state index in [2.05, 4.69) is 15.5 Å². The molecule has 22 heavy (non-hydrogen) atoms. The van der Waals surface area contributed by atoms with Crippen LogP contribution in [0.25, 0.3) is 0 Å². The van der Waals surface area contributed by atoms with Gasteiger partial charge < -0.3 is 14.8 Å². The number of aromatic nitrogens is 2. The molecule has 1 heterocycles. The van der Waals surface area contributed by atoms with Crippen LogP contribution in [0.2, 0.25) is 0 Å². The molecule has 6 heteroatoms. The van der Waals surface area contributed by atoms with Crippen LogP contribution in [-0.4, -0.2) is 33.9 Å². The largest absolute Gasteiger partial charge is 0.425 e. The van der Waals surface area contributed by atoms with Gasteiger partial charge in [0.15, 0.2) is 0 Å². The molecule has 2 unspecified atom stereocenters. The summed E-state index contributed by atoms with van der Waals surface area (Å²) in [4.78, 5) is 11.9. The molecule has 2 N–H and O–H groups in total. The molecule has 2 atom stereocenters. The Balaban J connectivity index is 1.39. The number of aryl methyl sites for hydroxylation is 1. The fraction of sp³-hybridized carbons (Fsp3) is 0.812. The molecule has 0 aromatic carbocycles. The van der Waals surface area contributed by atoms with E-state index in [1.54, 1.807) is 0 Å². The molecule has 1 aromatic heterocycles. The van der Waals surface area contributed by atoms with Crippen LogP contribution >= 0.6 is 0 Å². The van der Waals surface area contributed by atoms with Gasteiger partial charge in [-0.25, -0.2) is 0 Å². The summed E-state index contributed by atoms with van der Waals surface area (Å²) in [6.45, 7) is 0.567. The van der Waals surface area contributed by atoms with Crippen LogP contribution in [0.5, 0.6) is 0 Å². The third-order valence-corrected chi connectivity index (χ3v) is 4.93. The van der Waals surface area contributed by atoms with Crippen molar-refractivity contribution in [3.63, 3.8) is 0 Å². The van der Waals surface area contributed by atoms with E-state index in [0.717, 1.165) is 38.0 Å². The van der Waals surface area contributed by atoms with Crippen molar-refractivity contribution in [2.45, 2.75) is 69.8 Å². The van der Waals surface area contributed by atoms with E-state index in [4.69, 9.17) is 4.42 Å². The molecule has 1 amide bonds. The van der Waals surface area contributed by atoms with E-state index in [9.17, 15) is 9.90 Å². The first-order valence-electron chi connectivity index (χ1n) is 8.49. The lowest BCUT2D eigenvalue weighted by molar-refractivity contribution is -0.121. The first kappa shape index (κ1) is 15.5. The average molecular weight is 307 g/mol. The van der Waals surface area contributed by atoms with E-state index in [1.807, 2.05) is 0 Å². The number of aliphatic hydroxyl groups is 1. The zero-order valence-electron chi connectivity index (χ0n) is 13.0. The van der Waals surface area contributed by atoms with Crippen LogP contribution in [0.1, 0.15) is 69.1 Å². The van der Waals surface area contributed by atoms with Gasteiger partial charge in [0.25, 0.3) is 0 Å². The fourth-order valence-electron chi connectivity index (χ4n) is 3.51. The van der Waals surface area contributed by atoms with Crippen LogP contribution in [-0.2, 0) is 11.2 Å². The van der Waals surface area contributed by atoms with Gasteiger partial charge in [-0.3, -0.25) is 4.79 Å². The van der Waals surface area contributed by atoms with Crippen LogP contribution in [0.4, 0.5) is 0 Å². The van der Waals surface area contributed by atoms with Gasteiger partial charge in [0.05, 0.1) is 6.10 Å². The Bertz CT molecular complexity index is 497. The Morgan fingerprint density at radius 1 is 1.18 bits per heavy atom. The zero-order valence-corrected chi connectivity index (χ0v) is 13.0. The average Bonchev–Trinajstić information content (AvgIpc) is 3.24. The highest BCUT2D eigenvalue weighted by Gasteiger charge is 2.25. The number of carbonyl (C=O) groups excluding carboxylic acids is 1. The van der Waals surface area contributed by atoms with Gasteiger partial charge in [-0.2, -0.15) is 0 Å². The smallest absolute Gasteiger partial charge is 0.220 e. The third-order valence-electron chi connectivity index (χ3n) is 4.93. The van der Waals surface area contributed by atoms with Crippen molar-refractivity contribution in [2.75, 3.05) is 6.54 Å². The minimum atomic E-state index is -0.259. The van der Waals surface area contributed by atoms with Crippen molar-refractivity contribution in [1.82, 2.24) is 15.5 Å². The minimum absolute atomic E-state index is 0.0142. The molecule has 0 radical (unpaired) electrons. The number of hydrogen-bond donors (Lipinski definition) is 2. The molecule has 6 nitrogen and oxygen atoms in total. The summed E-state index contributed by atoms with van der Waals surface area (Å²) in [5.41, 5.74) is 0. The van der Waals surface area contributed by atoms with Gasteiger partial charge in [-0.15, -0.1) is 10.2 Å². The molecule has 122 valence electrons. The predicted octanol–water partition coefficient (Wildman–Crippen LogP) is 1.94. The molecule has 0 spiro atoms. The van der Waals surface area contributed by atoms with E-state index in [1.165, 1.54) is 12.8 Å². The van der Waals surface area contributed by atoms with Crippen molar-refractivity contribution in [3.8, 4) is 0 Å². The second-order valence-corrected chi connectivity index (χ2v) is 6.58. The molecule has 1 aromatic rings. The third kappa shape index (κ3) is 3.85. The summed E-state index contributed by atoms with van der Waals surface area (Å²) < 4.78 is 5.67. The standard InChI is InChI=1S/C16H25N3O3/c20-13-7-3-6-12(13)10-17-14(21)8-9-15-18-19-16(22-15)11-4-1-2-5-11/h11-13,20H,1-10H2,(H,17,21). The van der Waals surface area contributed by atoms with Gasteiger partial charge in [0.1, 0.15) is 0 Å². The first-order chi connectivity index (χ1) is 10.7. The quantitative estimate of drug-likeness (QED) is 0.838. The normalized spacial score (nSPS) is 25.7. The summed E-state index contributed by atoms with van der Waals surface area (Å²) in [6.07, 6.45) is 8.21. The molecule has 2 aliphatic carbocycles.